The van der Waals surface area contributed by atoms with Crippen molar-refractivity contribution in [1.82, 2.24) is 14.5 Å². The highest BCUT2D eigenvalue weighted by Crippen LogP contribution is 2.26. The van der Waals surface area contributed by atoms with Crippen LogP contribution in [0.5, 0.6) is 0 Å². The van der Waals surface area contributed by atoms with Gasteiger partial charge in [-0.1, -0.05) is 30.3 Å². The summed E-state index contributed by atoms with van der Waals surface area (Å²) < 4.78 is 7.25. The van der Waals surface area contributed by atoms with Crippen LogP contribution >= 0.6 is 0 Å². The van der Waals surface area contributed by atoms with Crippen LogP contribution in [0.2, 0.25) is 0 Å². The van der Waals surface area contributed by atoms with E-state index in [4.69, 9.17) is 9.72 Å². The van der Waals surface area contributed by atoms with E-state index in [9.17, 15) is 4.79 Å². The van der Waals surface area contributed by atoms with Gasteiger partial charge in [0.2, 0.25) is 0 Å². The molecule has 0 N–H and O–H groups in total. The lowest BCUT2D eigenvalue weighted by molar-refractivity contribution is 0.0615. The van der Waals surface area contributed by atoms with Gasteiger partial charge in [0.1, 0.15) is 5.52 Å². The zero-order valence-electron chi connectivity index (χ0n) is 15.9. The molecule has 0 saturated carbocycles. The molecule has 0 bridgehead atoms. The molecule has 0 aliphatic carbocycles. The maximum absolute atomic E-state index is 13.2. The highest BCUT2D eigenvalue weighted by atomic mass is 16.5. The van der Waals surface area contributed by atoms with E-state index in [1.807, 2.05) is 65.2 Å². The number of methoxy groups -OCH3 is 1. The monoisotopic (exact) mass is 363 g/mol. The molecule has 140 valence electrons. The summed E-state index contributed by atoms with van der Waals surface area (Å²) in [5.41, 5.74) is 4.40. The number of carbonyl (C=O) groups excluding carboxylic acids is 1. The number of hydrogen-bond acceptors (Lipinski definition) is 3. The van der Waals surface area contributed by atoms with E-state index in [1.165, 1.54) is 0 Å². The van der Waals surface area contributed by atoms with Crippen LogP contribution in [0.1, 0.15) is 23.2 Å². The second kappa shape index (κ2) is 7.53. The van der Waals surface area contributed by atoms with E-state index in [0.29, 0.717) is 11.5 Å². The number of carbonyl (C=O) groups is 1. The maximum atomic E-state index is 13.2. The molecule has 0 unspecified atom stereocenters. The van der Waals surface area contributed by atoms with Crippen LogP contribution in [0.3, 0.4) is 0 Å². The normalized spacial score (nSPS) is 15.4. The molecule has 3 heterocycles. The lowest BCUT2D eigenvalue weighted by Crippen LogP contribution is -2.39. The van der Waals surface area contributed by atoms with Gasteiger partial charge in [0, 0.05) is 45.6 Å². The number of hydrogen-bond donors (Lipinski definition) is 0. The fraction of sp³-hybridized carbons (Fsp3) is 0.364. The molecule has 0 spiro atoms. The third-order valence-electron chi connectivity index (χ3n) is 5.44. The average Bonchev–Trinajstić information content (AvgIpc) is 3.05. The summed E-state index contributed by atoms with van der Waals surface area (Å²) in [5, 5.41) is 0. The van der Waals surface area contributed by atoms with Crippen LogP contribution in [-0.4, -0.2) is 47.2 Å². The molecular weight excluding hydrogens is 338 g/mol. The zero-order valence-corrected chi connectivity index (χ0v) is 15.9. The molecule has 27 heavy (non-hydrogen) atoms. The van der Waals surface area contributed by atoms with Gasteiger partial charge in [-0.3, -0.25) is 4.79 Å². The SMILES string of the molecule is COCC1CCN(C(=O)c2cn(C)c3ccc(-c4ccccc4)nc23)CC1. The number of rotatable bonds is 4. The summed E-state index contributed by atoms with van der Waals surface area (Å²) >= 11 is 0. The smallest absolute Gasteiger partial charge is 0.257 e. The minimum absolute atomic E-state index is 0.0779. The molecule has 1 aliphatic rings. The predicted octanol–water partition coefficient (Wildman–Crippen LogP) is 3.74. The first kappa shape index (κ1) is 17.7. The van der Waals surface area contributed by atoms with Gasteiger partial charge in [-0.2, -0.15) is 0 Å². The van der Waals surface area contributed by atoms with E-state index in [2.05, 4.69) is 0 Å². The Bertz CT molecular complexity index is 941. The summed E-state index contributed by atoms with van der Waals surface area (Å²) in [4.78, 5) is 20.0. The first-order valence-corrected chi connectivity index (χ1v) is 9.47. The quantitative estimate of drug-likeness (QED) is 0.709. The number of pyridine rings is 1. The van der Waals surface area contributed by atoms with Gasteiger partial charge in [0.15, 0.2) is 0 Å². The maximum Gasteiger partial charge on any atom is 0.257 e. The summed E-state index contributed by atoms with van der Waals surface area (Å²) in [7, 11) is 3.71. The molecule has 1 fully saturated rings. The zero-order chi connectivity index (χ0) is 18.8. The van der Waals surface area contributed by atoms with Gasteiger partial charge in [-0.25, -0.2) is 4.98 Å². The third-order valence-corrected chi connectivity index (χ3v) is 5.44. The summed E-state index contributed by atoms with van der Waals surface area (Å²) in [6.07, 6.45) is 3.90. The molecule has 0 atom stereocenters. The molecule has 4 rings (SSSR count). The third kappa shape index (κ3) is 3.47. The number of likely N-dealkylation sites (tertiary alicyclic amines) is 1. The predicted molar refractivity (Wildman–Crippen MR) is 107 cm³/mol. The fourth-order valence-electron chi connectivity index (χ4n) is 3.89. The minimum atomic E-state index is 0.0779. The van der Waals surface area contributed by atoms with Gasteiger partial charge < -0.3 is 14.2 Å². The van der Waals surface area contributed by atoms with Crippen molar-refractivity contribution in [2.24, 2.45) is 13.0 Å². The Labute approximate surface area is 159 Å². The summed E-state index contributed by atoms with van der Waals surface area (Å²) in [5.74, 6) is 0.628. The van der Waals surface area contributed by atoms with Crippen molar-refractivity contribution in [3.63, 3.8) is 0 Å². The number of benzene rings is 1. The molecule has 1 amide bonds. The molecule has 2 aromatic heterocycles. The molecule has 5 nitrogen and oxygen atoms in total. The van der Waals surface area contributed by atoms with E-state index < -0.39 is 0 Å². The molecule has 5 heteroatoms. The number of ether oxygens (including phenoxy) is 1. The molecule has 3 aromatic rings. The van der Waals surface area contributed by atoms with Crippen molar-refractivity contribution < 1.29 is 9.53 Å². The van der Waals surface area contributed by atoms with Crippen molar-refractivity contribution in [3.8, 4) is 11.3 Å². The standard InChI is InChI=1S/C22H25N3O2/c1-24-14-18(22(26)25-12-10-16(11-13-25)15-27-2)21-20(24)9-8-19(23-21)17-6-4-3-5-7-17/h3-9,14,16H,10-13,15H2,1-2H3. The van der Waals surface area contributed by atoms with Crippen molar-refractivity contribution in [1.29, 1.82) is 0 Å². The van der Waals surface area contributed by atoms with Crippen molar-refractivity contribution in [2.45, 2.75) is 12.8 Å². The molecule has 1 aliphatic heterocycles. The molecule has 1 aromatic carbocycles. The van der Waals surface area contributed by atoms with Crippen molar-refractivity contribution >= 4 is 16.9 Å². The second-order valence-corrected chi connectivity index (χ2v) is 7.27. The van der Waals surface area contributed by atoms with Crippen LogP contribution in [-0.2, 0) is 11.8 Å². The van der Waals surface area contributed by atoms with E-state index in [-0.39, 0.29) is 5.91 Å². The summed E-state index contributed by atoms with van der Waals surface area (Å²) in [6.45, 7) is 2.33. The van der Waals surface area contributed by atoms with Crippen LogP contribution in [0, 0.1) is 5.92 Å². The Morgan fingerprint density at radius 3 is 2.59 bits per heavy atom. The molecule has 1 saturated heterocycles. The Kier molecular flexibility index (Phi) is 4.94. The number of aromatic nitrogens is 2. The lowest BCUT2D eigenvalue weighted by Gasteiger charge is -2.31. The first-order valence-electron chi connectivity index (χ1n) is 9.47. The van der Waals surface area contributed by atoms with Gasteiger partial charge in [0.25, 0.3) is 5.91 Å². The van der Waals surface area contributed by atoms with Gasteiger partial charge in [-0.15, -0.1) is 0 Å². The molecular formula is C22H25N3O2. The Hall–Kier alpha value is -2.66. The number of piperidine rings is 1. The van der Waals surface area contributed by atoms with Crippen LogP contribution in [0.25, 0.3) is 22.3 Å². The van der Waals surface area contributed by atoms with Gasteiger partial charge in [0.05, 0.1) is 16.8 Å². The topological polar surface area (TPSA) is 47.4 Å². The van der Waals surface area contributed by atoms with Gasteiger partial charge >= 0.3 is 0 Å². The Balaban J connectivity index is 1.64. The van der Waals surface area contributed by atoms with E-state index in [0.717, 1.165) is 54.8 Å². The lowest BCUT2D eigenvalue weighted by atomic mass is 9.97. The van der Waals surface area contributed by atoms with E-state index >= 15 is 0 Å². The Morgan fingerprint density at radius 1 is 1.15 bits per heavy atom. The fourth-order valence-corrected chi connectivity index (χ4v) is 3.89. The van der Waals surface area contributed by atoms with Crippen molar-refractivity contribution in [2.75, 3.05) is 26.8 Å². The highest BCUT2D eigenvalue weighted by molar-refractivity contribution is 6.05. The minimum Gasteiger partial charge on any atom is -0.384 e. The van der Waals surface area contributed by atoms with Crippen LogP contribution < -0.4 is 0 Å². The number of nitrogens with zero attached hydrogens (tertiary/aromatic N) is 3. The van der Waals surface area contributed by atoms with Crippen LogP contribution in [0.15, 0.2) is 48.7 Å². The summed E-state index contributed by atoms with van der Waals surface area (Å²) in [6, 6.07) is 14.1. The molecule has 0 radical (unpaired) electrons. The number of fused-ring (bicyclic) bond motifs is 1. The largest absolute Gasteiger partial charge is 0.384 e. The average molecular weight is 363 g/mol. The van der Waals surface area contributed by atoms with Gasteiger partial charge in [-0.05, 0) is 30.9 Å². The van der Waals surface area contributed by atoms with Crippen molar-refractivity contribution in [3.05, 3.63) is 54.2 Å². The second-order valence-electron chi connectivity index (χ2n) is 7.27. The number of aryl methyl sites for hydroxylation is 1. The highest BCUT2D eigenvalue weighted by Gasteiger charge is 2.26. The van der Waals surface area contributed by atoms with Crippen LogP contribution in [0.4, 0.5) is 0 Å². The number of amides is 1. The first-order chi connectivity index (χ1) is 13.2. The Morgan fingerprint density at radius 2 is 1.89 bits per heavy atom. The van der Waals surface area contributed by atoms with E-state index in [1.54, 1.807) is 7.11 Å².